The summed E-state index contributed by atoms with van der Waals surface area (Å²) in [4.78, 5) is 0. The molecule has 0 aromatic rings. The van der Waals surface area contributed by atoms with Gasteiger partial charge in [-0.1, -0.05) is 19.3 Å². The maximum atomic E-state index is 5.58. The lowest BCUT2D eigenvalue weighted by Gasteiger charge is -2.02. The van der Waals surface area contributed by atoms with Crippen molar-refractivity contribution < 1.29 is 0 Å². The molecule has 0 bridgehead atoms. The molecule has 4 N–H and O–H groups in total. The van der Waals surface area contributed by atoms with Crippen LogP contribution in [0.15, 0.2) is 0 Å². The van der Waals surface area contributed by atoms with Gasteiger partial charge < -0.3 is 11.5 Å². The number of rotatable bonds is 6. The minimum absolute atomic E-state index is 0.373. The van der Waals surface area contributed by atoms with Crippen molar-refractivity contribution >= 4 is 0 Å². The second-order valence-corrected chi connectivity index (χ2v) is 2.97. The summed E-state index contributed by atoms with van der Waals surface area (Å²) in [7, 11) is 0. The van der Waals surface area contributed by atoms with Crippen LogP contribution < -0.4 is 11.5 Å². The summed E-state index contributed by atoms with van der Waals surface area (Å²) in [6.45, 7) is 2.89. The quantitative estimate of drug-likeness (QED) is 0.551. The van der Waals surface area contributed by atoms with Gasteiger partial charge in [0.05, 0.1) is 0 Å². The molecule has 0 rings (SSSR count). The normalized spacial score (nSPS) is 13.5. The molecule has 0 heterocycles. The zero-order chi connectivity index (χ0) is 7.82. The van der Waals surface area contributed by atoms with Gasteiger partial charge in [0.25, 0.3) is 0 Å². The Hall–Kier alpha value is -0.0800. The monoisotopic (exact) mass is 144 g/mol. The first-order chi connectivity index (χ1) is 4.77. The highest BCUT2D eigenvalue weighted by molar-refractivity contribution is 4.53. The summed E-state index contributed by atoms with van der Waals surface area (Å²) in [6.07, 6.45) is 6.14. The molecule has 1 atom stereocenters. The first-order valence-electron chi connectivity index (χ1n) is 4.23. The summed E-state index contributed by atoms with van der Waals surface area (Å²) in [5, 5.41) is 0. The molecule has 0 aliphatic heterocycles. The summed E-state index contributed by atoms with van der Waals surface area (Å²) < 4.78 is 0. The van der Waals surface area contributed by atoms with Crippen LogP contribution in [0.4, 0.5) is 0 Å². The minimum Gasteiger partial charge on any atom is -0.330 e. The third-order valence-electron chi connectivity index (χ3n) is 1.61. The van der Waals surface area contributed by atoms with Crippen molar-refractivity contribution in [3.8, 4) is 0 Å². The summed E-state index contributed by atoms with van der Waals surface area (Å²) in [5.41, 5.74) is 10.9. The fraction of sp³-hybridized carbons (Fsp3) is 1.00. The van der Waals surface area contributed by atoms with Crippen molar-refractivity contribution in [2.45, 2.75) is 45.1 Å². The molecule has 0 radical (unpaired) electrons. The maximum Gasteiger partial charge on any atom is 0.00104 e. The van der Waals surface area contributed by atoms with Gasteiger partial charge >= 0.3 is 0 Å². The molecular weight excluding hydrogens is 124 g/mol. The Labute approximate surface area is 64.0 Å². The van der Waals surface area contributed by atoms with Crippen molar-refractivity contribution in [1.29, 1.82) is 0 Å². The van der Waals surface area contributed by atoms with E-state index < -0.39 is 0 Å². The van der Waals surface area contributed by atoms with Crippen LogP contribution in [0.3, 0.4) is 0 Å². The standard InChI is InChI=1S/C8H20N2/c1-8(10)6-4-2-3-5-7-9/h8H,2-7,9-10H2,1H3. The van der Waals surface area contributed by atoms with Gasteiger partial charge in [-0.15, -0.1) is 0 Å². The molecule has 0 amide bonds. The zero-order valence-corrected chi connectivity index (χ0v) is 6.97. The van der Waals surface area contributed by atoms with E-state index in [2.05, 4.69) is 6.92 Å². The molecule has 0 aromatic heterocycles. The Bertz CT molecular complexity index is 62.3. The second kappa shape index (κ2) is 7.03. The van der Waals surface area contributed by atoms with Crippen LogP contribution in [0.1, 0.15) is 39.0 Å². The van der Waals surface area contributed by atoms with E-state index in [0.717, 1.165) is 13.0 Å². The molecule has 1 unspecified atom stereocenters. The van der Waals surface area contributed by atoms with Gasteiger partial charge in [-0.25, -0.2) is 0 Å². The average Bonchev–Trinajstić information content (AvgIpc) is 1.87. The van der Waals surface area contributed by atoms with E-state index in [0.29, 0.717) is 6.04 Å². The Kier molecular flexibility index (Phi) is 6.98. The van der Waals surface area contributed by atoms with Crippen LogP contribution in [-0.2, 0) is 0 Å². The highest BCUT2D eigenvalue weighted by Crippen LogP contribution is 2.03. The minimum atomic E-state index is 0.373. The SMILES string of the molecule is CC(N)CCCCCCN. The van der Waals surface area contributed by atoms with Gasteiger partial charge in [-0.2, -0.15) is 0 Å². The molecule has 2 heteroatoms. The first kappa shape index (κ1) is 9.92. The van der Waals surface area contributed by atoms with Crippen molar-refractivity contribution in [3.63, 3.8) is 0 Å². The molecule has 0 aromatic carbocycles. The van der Waals surface area contributed by atoms with Crippen molar-refractivity contribution in [3.05, 3.63) is 0 Å². The van der Waals surface area contributed by atoms with Crippen LogP contribution in [0, 0.1) is 0 Å². The molecule has 0 aliphatic carbocycles. The Morgan fingerprint density at radius 1 is 1.10 bits per heavy atom. The number of unbranched alkanes of at least 4 members (excludes halogenated alkanes) is 3. The number of nitrogens with two attached hydrogens (primary N) is 2. The zero-order valence-electron chi connectivity index (χ0n) is 6.97. The van der Waals surface area contributed by atoms with E-state index in [1.807, 2.05) is 0 Å². The maximum absolute atomic E-state index is 5.58. The average molecular weight is 144 g/mol. The predicted molar refractivity (Wildman–Crippen MR) is 45.8 cm³/mol. The number of hydrogen-bond acceptors (Lipinski definition) is 2. The van der Waals surface area contributed by atoms with Gasteiger partial charge in [0.15, 0.2) is 0 Å². The van der Waals surface area contributed by atoms with E-state index in [4.69, 9.17) is 11.5 Å². The molecule has 0 saturated heterocycles. The van der Waals surface area contributed by atoms with Crippen molar-refractivity contribution in [1.82, 2.24) is 0 Å². The molecular formula is C8H20N2. The lowest BCUT2D eigenvalue weighted by Crippen LogP contribution is -2.13. The summed E-state index contributed by atoms with van der Waals surface area (Å²) in [5.74, 6) is 0. The Balaban J connectivity index is 2.77. The van der Waals surface area contributed by atoms with Crippen LogP contribution in [0.2, 0.25) is 0 Å². The molecule has 62 valence electrons. The Morgan fingerprint density at radius 3 is 2.20 bits per heavy atom. The fourth-order valence-corrected chi connectivity index (χ4v) is 0.964. The highest BCUT2D eigenvalue weighted by Gasteiger charge is 1.92. The van der Waals surface area contributed by atoms with Gasteiger partial charge in [-0.3, -0.25) is 0 Å². The van der Waals surface area contributed by atoms with E-state index in [1.165, 1.54) is 25.7 Å². The molecule has 0 spiro atoms. The predicted octanol–water partition coefficient (Wildman–Crippen LogP) is 1.24. The van der Waals surface area contributed by atoms with Crippen molar-refractivity contribution in [2.75, 3.05) is 6.54 Å². The largest absolute Gasteiger partial charge is 0.330 e. The van der Waals surface area contributed by atoms with Crippen LogP contribution >= 0.6 is 0 Å². The first-order valence-corrected chi connectivity index (χ1v) is 4.23. The van der Waals surface area contributed by atoms with Crippen molar-refractivity contribution in [2.24, 2.45) is 11.5 Å². The van der Waals surface area contributed by atoms with E-state index in [-0.39, 0.29) is 0 Å². The van der Waals surface area contributed by atoms with Gasteiger partial charge in [0.2, 0.25) is 0 Å². The molecule has 0 fully saturated rings. The highest BCUT2D eigenvalue weighted by atomic mass is 14.6. The topological polar surface area (TPSA) is 52.0 Å². The van der Waals surface area contributed by atoms with E-state index >= 15 is 0 Å². The number of hydrogen-bond donors (Lipinski definition) is 2. The van der Waals surface area contributed by atoms with Crippen LogP contribution in [0.25, 0.3) is 0 Å². The fourth-order valence-electron chi connectivity index (χ4n) is 0.964. The van der Waals surface area contributed by atoms with E-state index in [1.54, 1.807) is 0 Å². The van der Waals surface area contributed by atoms with Gasteiger partial charge in [0, 0.05) is 6.04 Å². The Morgan fingerprint density at radius 2 is 1.70 bits per heavy atom. The third-order valence-corrected chi connectivity index (χ3v) is 1.61. The molecule has 0 saturated carbocycles. The van der Waals surface area contributed by atoms with Gasteiger partial charge in [-0.05, 0) is 26.3 Å². The molecule has 0 aliphatic rings. The van der Waals surface area contributed by atoms with Crippen LogP contribution in [0.5, 0.6) is 0 Å². The molecule has 2 nitrogen and oxygen atoms in total. The summed E-state index contributed by atoms with van der Waals surface area (Å²) >= 11 is 0. The smallest absolute Gasteiger partial charge is 0.00104 e. The molecule has 10 heavy (non-hydrogen) atoms. The summed E-state index contributed by atoms with van der Waals surface area (Å²) in [6, 6.07) is 0.373. The van der Waals surface area contributed by atoms with Gasteiger partial charge in [0.1, 0.15) is 0 Å². The third kappa shape index (κ3) is 7.92. The second-order valence-electron chi connectivity index (χ2n) is 2.97. The lowest BCUT2D eigenvalue weighted by atomic mass is 10.1. The van der Waals surface area contributed by atoms with E-state index in [9.17, 15) is 0 Å². The lowest BCUT2D eigenvalue weighted by molar-refractivity contribution is 0.569. The van der Waals surface area contributed by atoms with Crippen LogP contribution in [-0.4, -0.2) is 12.6 Å².